The summed E-state index contributed by atoms with van der Waals surface area (Å²) >= 11 is 0. The molecule has 1 heteroatoms. The molecule has 67 valence electrons. The van der Waals surface area contributed by atoms with Gasteiger partial charge in [0, 0.05) is 16.8 Å². The van der Waals surface area contributed by atoms with Crippen molar-refractivity contribution in [2.45, 2.75) is 19.8 Å². The summed E-state index contributed by atoms with van der Waals surface area (Å²) in [6.07, 6.45) is 17.1. The van der Waals surface area contributed by atoms with Gasteiger partial charge < -0.3 is 0 Å². The first-order valence-corrected chi connectivity index (χ1v) is 4.12. The Hall–Kier alpha value is -0.534. The molecule has 0 fully saturated rings. The predicted molar refractivity (Wildman–Crippen MR) is 50.4 cm³/mol. The first-order chi connectivity index (χ1) is 5.43. The molecule has 1 radical (unpaired) electrons. The van der Waals surface area contributed by atoms with Crippen LogP contribution >= 0.6 is 0 Å². The van der Waals surface area contributed by atoms with Crippen molar-refractivity contribution in [2.24, 2.45) is 0 Å². The van der Waals surface area contributed by atoms with Crippen molar-refractivity contribution in [1.29, 1.82) is 0 Å². The van der Waals surface area contributed by atoms with Gasteiger partial charge in [0.1, 0.15) is 0 Å². The summed E-state index contributed by atoms with van der Waals surface area (Å²) in [4.78, 5) is 0. The van der Waals surface area contributed by atoms with Gasteiger partial charge >= 0.3 is 0 Å². The Labute approximate surface area is 84.9 Å². The van der Waals surface area contributed by atoms with Gasteiger partial charge in [-0.25, -0.2) is 0 Å². The number of rotatable bonds is 3. The minimum Gasteiger partial charge on any atom is -0.0848 e. The quantitative estimate of drug-likeness (QED) is 0.619. The fraction of sp³-hybridized carbons (Fsp3) is 0.273. The molecule has 0 saturated heterocycles. The van der Waals surface area contributed by atoms with Crippen molar-refractivity contribution < 1.29 is 16.8 Å². The maximum atomic E-state index is 2.17. The molecule has 1 aliphatic carbocycles. The second kappa shape index (κ2) is 7.13. The Morgan fingerprint density at radius 1 is 1.42 bits per heavy atom. The van der Waals surface area contributed by atoms with Crippen molar-refractivity contribution in [2.75, 3.05) is 0 Å². The van der Waals surface area contributed by atoms with Gasteiger partial charge in [0.25, 0.3) is 0 Å². The second-order valence-corrected chi connectivity index (χ2v) is 2.57. The molecule has 1 rings (SSSR count). The SMILES string of the molecule is CCC=CC=CC1=CC=CC1.[Co]. The average Bonchev–Trinajstić information content (AvgIpc) is 2.50. The second-order valence-electron chi connectivity index (χ2n) is 2.57. The third kappa shape index (κ3) is 4.37. The van der Waals surface area contributed by atoms with E-state index in [2.05, 4.69) is 49.5 Å². The van der Waals surface area contributed by atoms with E-state index in [1.54, 1.807) is 0 Å². The third-order valence-electron chi connectivity index (χ3n) is 1.59. The van der Waals surface area contributed by atoms with Crippen LogP contribution in [-0.2, 0) is 16.8 Å². The van der Waals surface area contributed by atoms with Crippen LogP contribution in [0.5, 0.6) is 0 Å². The Morgan fingerprint density at radius 2 is 2.25 bits per heavy atom. The minimum absolute atomic E-state index is 0. The molecule has 0 aromatic rings. The topological polar surface area (TPSA) is 0 Å². The summed E-state index contributed by atoms with van der Waals surface area (Å²) in [6.45, 7) is 2.14. The fourth-order valence-corrected chi connectivity index (χ4v) is 0.981. The Bertz CT molecular complexity index is 219. The molecular formula is C11H14Co. The van der Waals surface area contributed by atoms with E-state index in [9.17, 15) is 0 Å². The first kappa shape index (κ1) is 11.5. The molecule has 0 heterocycles. The zero-order chi connectivity index (χ0) is 7.94. The largest absolute Gasteiger partial charge is 0.0848 e. The van der Waals surface area contributed by atoms with Crippen LogP contribution in [-0.4, -0.2) is 0 Å². The molecule has 0 aromatic heterocycles. The first-order valence-electron chi connectivity index (χ1n) is 4.12. The summed E-state index contributed by atoms with van der Waals surface area (Å²) in [5.41, 5.74) is 1.39. The van der Waals surface area contributed by atoms with Crippen LogP contribution in [0, 0.1) is 0 Å². The number of allylic oxidation sites excluding steroid dienone is 8. The van der Waals surface area contributed by atoms with E-state index in [0.29, 0.717) is 0 Å². The van der Waals surface area contributed by atoms with Gasteiger partial charge in [-0.1, -0.05) is 49.5 Å². The van der Waals surface area contributed by atoms with E-state index < -0.39 is 0 Å². The van der Waals surface area contributed by atoms with E-state index in [1.807, 2.05) is 0 Å². The van der Waals surface area contributed by atoms with Crippen LogP contribution in [0.2, 0.25) is 0 Å². The third-order valence-corrected chi connectivity index (χ3v) is 1.59. The molecule has 0 amide bonds. The average molecular weight is 205 g/mol. The Balaban J connectivity index is 0.00000121. The van der Waals surface area contributed by atoms with Crippen molar-refractivity contribution >= 4 is 0 Å². The van der Waals surface area contributed by atoms with Crippen LogP contribution in [0.1, 0.15) is 19.8 Å². The molecule has 0 saturated carbocycles. The van der Waals surface area contributed by atoms with Crippen molar-refractivity contribution in [1.82, 2.24) is 0 Å². The van der Waals surface area contributed by atoms with E-state index in [0.717, 1.165) is 12.8 Å². The van der Waals surface area contributed by atoms with Crippen LogP contribution in [0.25, 0.3) is 0 Å². The van der Waals surface area contributed by atoms with Crippen molar-refractivity contribution in [3.63, 3.8) is 0 Å². The summed E-state index contributed by atoms with van der Waals surface area (Å²) in [7, 11) is 0. The molecule has 0 nitrogen and oxygen atoms in total. The van der Waals surface area contributed by atoms with Gasteiger partial charge in [-0.05, 0) is 18.4 Å². The van der Waals surface area contributed by atoms with Gasteiger partial charge in [0.15, 0.2) is 0 Å². The van der Waals surface area contributed by atoms with Crippen LogP contribution in [0.3, 0.4) is 0 Å². The van der Waals surface area contributed by atoms with E-state index >= 15 is 0 Å². The van der Waals surface area contributed by atoms with Crippen LogP contribution in [0.15, 0.2) is 48.1 Å². The van der Waals surface area contributed by atoms with Crippen LogP contribution in [0.4, 0.5) is 0 Å². The number of hydrogen-bond acceptors (Lipinski definition) is 0. The van der Waals surface area contributed by atoms with Gasteiger partial charge in [0.05, 0.1) is 0 Å². The molecule has 0 bridgehead atoms. The number of hydrogen-bond donors (Lipinski definition) is 0. The standard InChI is InChI=1S/C11H14.Co/c1-2-3-4-5-8-11-9-6-7-10-11;/h3-9H,2,10H2,1H3;. The van der Waals surface area contributed by atoms with Crippen molar-refractivity contribution in [3.8, 4) is 0 Å². The van der Waals surface area contributed by atoms with Gasteiger partial charge in [0.2, 0.25) is 0 Å². The molecular weight excluding hydrogens is 191 g/mol. The molecule has 0 aromatic carbocycles. The molecule has 0 spiro atoms. The molecule has 0 aliphatic heterocycles. The van der Waals surface area contributed by atoms with Gasteiger partial charge in [-0.15, -0.1) is 0 Å². The molecule has 1 aliphatic rings. The van der Waals surface area contributed by atoms with E-state index in [-0.39, 0.29) is 16.8 Å². The maximum Gasteiger partial charge on any atom is 0 e. The zero-order valence-corrected chi connectivity index (χ0v) is 8.33. The van der Waals surface area contributed by atoms with E-state index in [4.69, 9.17) is 0 Å². The zero-order valence-electron chi connectivity index (χ0n) is 7.29. The summed E-state index contributed by atoms with van der Waals surface area (Å²) in [5, 5.41) is 0. The molecule has 12 heavy (non-hydrogen) atoms. The summed E-state index contributed by atoms with van der Waals surface area (Å²) in [5.74, 6) is 0. The minimum atomic E-state index is 0. The molecule has 0 unspecified atom stereocenters. The monoisotopic (exact) mass is 205 g/mol. The Morgan fingerprint density at radius 3 is 2.83 bits per heavy atom. The maximum absolute atomic E-state index is 2.17. The smallest absolute Gasteiger partial charge is 0 e. The molecule has 0 N–H and O–H groups in total. The van der Waals surface area contributed by atoms with Gasteiger partial charge in [-0.3, -0.25) is 0 Å². The van der Waals surface area contributed by atoms with Gasteiger partial charge in [-0.2, -0.15) is 0 Å². The summed E-state index contributed by atoms with van der Waals surface area (Å²) < 4.78 is 0. The summed E-state index contributed by atoms with van der Waals surface area (Å²) in [6, 6.07) is 0. The van der Waals surface area contributed by atoms with Crippen molar-refractivity contribution in [3.05, 3.63) is 48.1 Å². The van der Waals surface area contributed by atoms with Crippen LogP contribution < -0.4 is 0 Å². The predicted octanol–water partition coefficient (Wildman–Crippen LogP) is 3.39. The fourth-order valence-electron chi connectivity index (χ4n) is 0.981. The van der Waals surface area contributed by atoms with E-state index in [1.165, 1.54) is 5.57 Å². The molecule has 0 atom stereocenters. The Kier molecular flexibility index (Phi) is 6.82. The normalized spacial score (nSPS) is 15.6.